The topological polar surface area (TPSA) is 94.0 Å². The summed E-state index contributed by atoms with van der Waals surface area (Å²) in [6.07, 6.45) is 7.97. The Morgan fingerprint density at radius 1 is 1.19 bits per heavy atom. The van der Waals surface area contributed by atoms with Gasteiger partial charge in [-0.15, -0.1) is 0 Å². The van der Waals surface area contributed by atoms with Crippen LogP contribution in [-0.2, 0) is 11.8 Å². The van der Waals surface area contributed by atoms with E-state index in [0.29, 0.717) is 41.4 Å². The summed E-state index contributed by atoms with van der Waals surface area (Å²) < 4.78 is 22.5. The highest BCUT2D eigenvalue weighted by atomic mass is 19.1. The molecule has 1 fully saturated rings. The molecule has 3 aromatic heterocycles. The zero-order chi connectivity index (χ0) is 25.0. The number of ether oxygens (including phenoxy) is 1. The van der Waals surface area contributed by atoms with E-state index in [4.69, 9.17) is 4.74 Å². The second kappa shape index (κ2) is 8.58. The standard InChI is InChI=1S/C27H27FN6O2/c1-4-18-23(17-11-32-34(3)13-17)24(18)26(35)33-22-9-15-7-19(21(28)8-16(15)10-30-22)20-12-31-27-25(14(20)2)29-5-6-36-27/h7-13,18,23-24,29H,4-6H2,1-3H3,(H,30,33,35)/t18-,23-,24-/m1/s1. The van der Waals surface area contributed by atoms with Gasteiger partial charge in [-0.25, -0.2) is 14.4 Å². The molecule has 36 heavy (non-hydrogen) atoms. The van der Waals surface area contributed by atoms with E-state index in [0.717, 1.165) is 28.6 Å². The highest BCUT2D eigenvalue weighted by Gasteiger charge is 2.54. The maximum absolute atomic E-state index is 15.1. The Labute approximate surface area is 207 Å². The molecule has 1 amide bonds. The summed E-state index contributed by atoms with van der Waals surface area (Å²) in [6.45, 7) is 5.26. The van der Waals surface area contributed by atoms with Crippen molar-refractivity contribution >= 4 is 28.2 Å². The van der Waals surface area contributed by atoms with Crippen LogP contribution in [0, 0.1) is 24.6 Å². The molecule has 1 aliphatic heterocycles. The molecule has 9 heteroatoms. The lowest BCUT2D eigenvalue weighted by Gasteiger charge is -2.21. The lowest BCUT2D eigenvalue weighted by atomic mass is 9.98. The normalized spacial score (nSPS) is 20.4. The van der Waals surface area contributed by atoms with Gasteiger partial charge >= 0.3 is 0 Å². The number of halogens is 1. The minimum atomic E-state index is -0.356. The number of benzene rings is 1. The summed E-state index contributed by atoms with van der Waals surface area (Å²) in [5, 5.41) is 12.0. The number of anilines is 2. The molecule has 2 aliphatic rings. The molecule has 4 heterocycles. The lowest BCUT2D eigenvalue weighted by molar-refractivity contribution is -0.117. The van der Waals surface area contributed by atoms with Crippen LogP contribution in [0.3, 0.4) is 0 Å². The van der Waals surface area contributed by atoms with E-state index in [1.807, 2.05) is 26.4 Å². The highest BCUT2D eigenvalue weighted by Crippen LogP contribution is 2.56. The van der Waals surface area contributed by atoms with Gasteiger partial charge in [-0.1, -0.05) is 13.3 Å². The zero-order valence-corrected chi connectivity index (χ0v) is 20.4. The molecule has 1 saturated carbocycles. The monoisotopic (exact) mass is 486 g/mol. The van der Waals surface area contributed by atoms with E-state index in [1.54, 1.807) is 29.2 Å². The molecule has 184 valence electrons. The van der Waals surface area contributed by atoms with Crippen molar-refractivity contribution in [2.75, 3.05) is 23.8 Å². The number of pyridine rings is 2. The first-order valence-corrected chi connectivity index (χ1v) is 12.2. The van der Waals surface area contributed by atoms with Gasteiger partial charge in [-0.05, 0) is 47.6 Å². The molecule has 0 unspecified atom stereocenters. The molecule has 1 aromatic carbocycles. The Morgan fingerprint density at radius 3 is 2.83 bits per heavy atom. The molecule has 6 rings (SSSR count). The van der Waals surface area contributed by atoms with Gasteiger partial charge in [0.15, 0.2) is 0 Å². The average Bonchev–Trinajstić information content (AvgIpc) is 3.47. The number of aromatic nitrogens is 4. The Balaban J connectivity index is 1.29. The van der Waals surface area contributed by atoms with Gasteiger partial charge in [0.05, 0.1) is 6.20 Å². The van der Waals surface area contributed by atoms with E-state index in [-0.39, 0.29) is 29.5 Å². The summed E-state index contributed by atoms with van der Waals surface area (Å²) in [7, 11) is 1.88. The number of aryl methyl sites for hydroxylation is 1. The molecule has 0 spiro atoms. The first-order chi connectivity index (χ1) is 17.4. The first-order valence-electron chi connectivity index (χ1n) is 12.2. The van der Waals surface area contributed by atoms with Crippen LogP contribution in [-0.4, -0.2) is 38.8 Å². The van der Waals surface area contributed by atoms with Crippen molar-refractivity contribution in [1.29, 1.82) is 0 Å². The predicted molar refractivity (Wildman–Crippen MR) is 136 cm³/mol. The van der Waals surface area contributed by atoms with Crippen molar-refractivity contribution in [1.82, 2.24) is 19.7 Å². The van der Waals surface area contributed by atoms with E-state index in [2.05, 4.69) is 32.6 Å². The fraction of sp³-hybridized carbons (Fsp3) is 0.333. The smallest absolute Gasteiger partial charge is 0.237 e. The summed E-state index contributed by atoms with van der Waals surface area (Å²) in [5.74, 6) is 0.922. The molecular weight excluding hydrogens is 459 g/mol. The third-order valence-corrected chi connectivity index (χ3v) is 7.35. The third kappa shape index (κ3) is 3.75. The number of carbonyl (C=O) groups is 1. The van der Waals surface area contributed by atoms with Crippen LogP contribution in [0.4, 0.5) is 15.9 Å². The Hall–Kier alpha value is -4.01. The molecular formula is C27H27FN6O2. The predicted octanol–water partition coefficient (Wildman–Crippen LogP) is 4.66. The number of fused-ring (bicyclic) bond motifs is 2. The van der Waals surface area contributed by atoms with Crippen LogP contribution in [0.15, 0.2) is 43.0 Å². The van der Waals surface area contributed by atoms with Gasteiger partial charge in [-0.3, -0.25) is 9.48 Å². The number of hydrogen-bond donors (Lipinski definition) is 2. The van der Waals surface area contributed by atoms with Crippen LogP contribution in [0.5, 0.6) is 5.88 Å². The molecule has 0 bridgehead atoms. The Morgan fingerprint density at radius 2 is 2.06 bits per heavy atom. The number of amides is 1. The van der Waals surface area contributed by atoms with Crippen LogP contribution in [0.25, 0.3) is 21.9 Å². The third-order valence-electron chi connectivity index (χ3n) is 7.35. The van der Waals surface area contributed by atoms with Crippen LogP contribution in [0.2, 0.25) is 0 Å². The molecule has 8 nitrogen and oxygen atoms in total. The van der Waals surface area contributed by atoms with Crippen molar-refractivity contribution in [3.05, 3.63) is 59.9 Å². The summed E-state index contributed by atoms with van der Waals surface area (Å²) in [6, 6.07) is 5.05. The van der Waals surface area contributed by atoms with Gasteiger partial charge in [0.25, 0.3) is 0 Å². The van der Waals surface area contributed by atoms with Crippen LogP contribution in [0.1, 0.15) is 30.4 Å². The maximum Gasteiger partial charge on any atom is 0.237 e. The van der Waals surface area contributed by atoms with E-state index >= 15 is 4.39 Å². The van der Waals surface area contributed by atoms with Crippen molar-refractivity contribution in [3.63, 3.8) is 0 Å². The number of nitrogens with zero attached hydrogens (tertiary/aromatic N) is 4. The Kier molecular flexibility index (Phi) is 5.35. The summed E-state index contributed by atoms with van der Waals surface area (Å²) in [5.41, 5.74) is 3.89. The number of hydrogen-bond acceptors (Lipinski definition) is 6. The van der Waals surface area contributed by atoms with Gasteiger partial charge in [-0.2, -0.15) is 5.10 Å². The second-order valence-electron chi connectivity index (χ2n) is 9.56. The first kappa shape index (κ1) is 22.5. The summed E-state index contributed by atoms with van der Waals surface area (Å²) >= 11 is 0. The van der Waals surface area contributed by atoms with Gasteiger partial charge < -0.3 is 15.4 Å². The zero-order valence-electron chi connectivity index (χ0n) is 20.4. The van der Waals surface area contributed by atoms with E-state index in [9.17, 15) is 4.79 Å². The largest absolute Gasteiger partial charge is 0.474 e. The lowest BCUT2D eigenvalue weighted by Crippen LogP contribution is -2.20. The average molecular weight is 487 g/mol. The Bertz CT molecular complexity index is 1500. The molecule has 0 radical (unpaired) electrons. The van der Waals surface area contributed by atoms with E-state index in [1.165, 1.54) is 6.07 Å². The van der Waals surface area contributed by atoms with Crippen molar-refractivity contribution in [2.45, 2.75) is 26.2 Å². The van der Waals surface area contributed by atoms with Crippen molar-refractivity contribution in [2.24, 2.45) is 18.9 Å². The number of carbonyl (C=O) groups excluding carboxylic acids is 1. The molecule has 3 atom stereocenters. The number of rotatable bonds is 5. The molecule has 2 N–H and O–H groups in total. The maximum atomic E-state index is 15.1. The van der Waals surface area contributed by atoms with Gasteiger partial charge in [0.1, 0.15) is 23.9 Å². The molecule has 0 saturated heterocycles. The van der Waals surface area contributed by atoms with Gasteiger partial charge in [0, 0.05) is 60.5 Å². The highest BCUT2D eigenvalue weighted by molar-refractivity contribution is 5.97. The fourth-order valence-electron chi connectivity index (χ4n) is 5.45. The quantitative estimate of drug-likeness (QED) is 0.426. The SMILES string of the molecule is CC[C@H]1[C@@H](C(=O)Nc2cc3cc(-c4cnc5c(c4C)NCCO5)c(F)cc3cn2)[C@@H]1c1cnn(C)c1. The van der Waals surface area contributed by atoms with E-state index < -0.39 is 0 Å². The van der Waals surface area contributed by atoms with Crippen molar-refractivity contribution in [3.8, 4) is 17.0 Å². The molecule has 4 aromatic rings. The van der Waals surface area contributed by atoms with Gasteiger partial charge in [0.2, 0.25) is 11.8 Å². The van der Waals surface area contributed by atoms with Crippen LogP contribution < -0.4 is 15.4 Å². The van der Waals surface area contributed by atoms with Crippen molar-refractivity contribution < 1.29 is 13.9 Å². The summed E-state index contributed by atoms with van der Waals surface area (Å²) in [4.78, 5) is 21.9. The molecule has 1 aliphatic carbocycles. The second-order valence-corrected chi connectivity index (χ2v) is 9.56. The minimum absolute atomic E-state index is 0.0503. The van der Waals surface area contributed by atoms with Crippen LogP contribution >= 0.6 is 0 Å². The fourth-order valence-corrected chi connectivity index (χ4v) is 5.45. The number of nitrogens with one attached hydrogen (secondary N) is 2. The minimum Gasteiger partial charge on any atom is -0.474 e.